The van der Waals surface area contributed by atoms with E-state index in [9.17, 15) is 14.7 Å². The van der Waals surface area contributed by atoms with E-state index in [-0.39, 0.29) is 69.8 Å². The molecule has 0 bridgehead atoms. The first kappa shape index (κ1) is 29.1. The minimum atomic E-state index is -1.49. The molecule has 4 aromatic rings. The van der Waals surface area contributed by atoms with Crippen LogP contribution in [0.2, 0.25) is 0 Å². The topological polar surface area (TPSA) is 120 Å². The Bertz CT molecular complexity index is 1470. The number of carbonyl (C=O) groups excluding carboxylic acids is 2. The van der Waals surface area contributed by atoms with Gasteiger partial charge in [-0.1, -0.05) is 18.2 Å². The third-order valence-electron chi connectivity index (χ3n) is 5.79. The largest absolute Gasteiger partial charge is 1.00 e. The number of allylic oxidation sites excluding steroid dienone is 1. The van der Waals surface area contributed by atoms with Crippen LogP contribution in [0.25, 0.3) is 16.6 Å². The molecule has 0 aliphatic rings. The Morgan fingerprint density at radius 1 is 0.789 bits per heavy atom. The van der Waals surface area contributed by atoms with Crippen molar-refractivity contribution in [3.63, 3.8) is 0 Å². The van der Waals surface area contributed by atoms with E-state index in [0.717, 1.165) is 11.7 Å². The van der Waals surface area contributed by atoms with Crippen LogP contribution < -0.4 is 53.6 Å². The Morgan fingerprint density at radius 2 is 1.42 bits per heavy atom. The van der Waals surface area contributed by atoms with Crippen LogP contribution in [0, 0.1) is 0 Å². The Labute approximate surface area is 245 Å². The minimum Gasteiger partial charge on any atom is -0.545 e. The Balaban J connectivity index is 0.00000400. The molecule has 0 atom stereocenters. The summed E-state index contributed by atoms with van der Waals surface area (Å²) in [5.41, 5.74) is 2.06. The summed E-state index contributed by atoms with van der Waals surface area (Å²) in [6.45, 7) is 0. The van der Waals surface area contributed by atoms with Crippen LogP contribution in [0.15, 0.2) is 60.2 Å². The van der Waals surface area contributed by atoms with Crippen LogP contribution in [0.3, 0.4) is 0 Å². The average Bonchev–Trinajstić information content (AvgIpc) is 3.39. The summed E-state index contributed by atoms with van der Waals surface area (Å²) in [6, 6.07) is 14.8. The maximum Gasteiger partial charge on any atom is 1.00 e. The quantitative estimate of drug-likeness (QED) is 0.159. The summed E-state index contributed by atoms with van der Waals surface area (Å²) < 4.78 is 29.7. The predicted molar refractivity (Wildman–Crippen MR) is 136 cm³/mol. The van der Waals surface area contributed by atoms with Crippen molar-refractivity contribution in [1.82, 2.24) is 8.75 Å². The monoisotopic (exact) mass is 542 g/mol. The Hall–Kier alpha value is -3.44. The van der Waals surface area contributed by atoms with E-state index in [1.807, 2.05) is 0 Å². The second-order valence-corrected chi connectivity index (χ2v) is 8.41. The zero-order valence-electron chi connectivity index (χ0n) is 21.6. The van der Waals surface area contributed by atoms with Gasteiger partial charge in [-0.25, -0.2) is 0 Å². The number of aliphatic carboxylic acids is 1. The van der Waals surface area contributed by atoms with E-state index in [2.05, 4.69) is 8.75 Å². The van der Waals surface area contributed by atoms with Crippen molar-refractivity contribution in [3.8, 4) is 23.0 Å². The third-order valence-corrected chi connectivity index (χ3v) is 6.35. The first-order valence-electron chi connectivity index (χ1n) is 11.0. The number of carbonyl (C=O) groups is 2. The van der Waals surface area contributed by atoms with Crippen LogP contribution in [-0.2, 0) is 11.2 Å². The standard InChI is InChI=1S/C27H24N2O7S.Na/c1-33-18-8-5-15(6-9-18)11-19(24(27(31)32)16-7-10-20-21(12-16)29-37-28-20)25(30)17-13-22(34-2)26(36-4)23(14-17)35-3;/h5-10,12-14H,11H2,1-4H3,(H,31,32);/q;+1/p-1/b24-19+;. The fourth-order valence-corrected chi connectivity index (χ4v) is 4.49. The molecular weight excluding hydrogens is 519 g/mol. The molecule has 0 amide bonds. The van der Waals surface area contributed by atoms with E-state index in [1.54, 1.807) is 49.6 Å². The van der Waals surface area contributed by atoms with E-state index < -0.39 is 11.8 Å². The SMILES string of the molecule is COc1ccc(C/C(C(=O)c2cc(OC)c(OC)c(OC)c2)=C(\C(=O)[O-])c2ccc3nsnc3c2)cc1.[Na+]. The molecule has 0 saturated carbocycles. The normalized spacial score (nSPS) is 11.3. The molecule has 0 aliphatic carbocycles. The first-order valence-corrected chi connectivity index (χ1v) is 11.8. The van der Waals surface area contributed by atoms with Gasteiger partial charge in [0.2, 0.25) is 5.75 Å². The van der Waals surface area contributed by atoms with Crippen molar-refractivity contribution < 1.29 is 63.2 Å². The maximum absolute atomic E-state index is 14.0. The van der Waals surface area contributed by atoms with Crippen molar-refractivity contribution in [2.24, 2.45) is 0 Å². The summed E-state index contributed by atoms with van der Waals surface area (Å²) in [6.07, 6.45) is 0.0101. The van der Waals surface area contributed by atoms with Crippen LogP contribution in [0.4, 0.5) is 0 Å². The number of hydrogen-bond acceptors (Lipinski definition) is 10. The molecule has 1 heterocycles. The molecule has 0 saturated heterocycles. The Kier molecular flexibility index (Phi) is 9.87. The fraction of sp³-hybridized carbons (Fsp3) is 0.185. The zero-order chi connectivity index (χ0) is 26.5. The number of hydrogen-bond donors (Lipinski definition) is 0. The predicted octanol–water partition coefficient (Wildman–Crippen LogP) is 0.359. The van der Waals surface area contributed by atoms with Crippen molar-refractivity contribution >= 4 is 40.1 Å². The number of Topliss-reactive ketones (excluding diaryl/α,β-unsaturated/α-hetero) is 1. The van der Waals surface area contributed by atoms with Gasteiger partial charge in [0.25, 0.3) is 0 Å². The van der Waals surface area contributed by atoms with Crippen molar-refractivity contribution in [1.29, 1.82) is 0 Å². The molecule has 1 aromatic heterocycles. The van der Waals surface area contributed by atoms with E-state index in [4.69, 9.17) is 18.9 Å². The van der Waals surface area contributed by atoms with Crippen molar-refractivity contribution in [3.05, 3.63) is 76.9 Å². The van der Waals surface area contributed by atoms with Crippen LogP contribution in [0.1, 0.15) is 21.5 Å². The second-order valence-electron chi connectivity index (χ2n) is 7.88. The molecule has 4 rings (SSSR count). The zero-order valence-corrected chi connectivity index (χ0v) is 24.4. The minimum absolute atomic E-state index is 0. The molecule has 9 nitrogen and oxygen atoms in total. The molecule has 0 radical (unpaired) electrons. The number of ketones is 1. The summed E-state index contributed by atoms with van der Waals surface area (Å²) in [5.74, 6) is -0.564. The van der Waals surface area contributed by atoms with Gasteiger partial charge in [-0.15, -0.1) is 0 Å². The molecule has 0 aliphatic heterocycles. The summed E-state index contributed by atoms with van der Waals surface area (Å²) in [4.78, 5) is 26.5. The molecule has 3 aromatic carbocycles. The number of methoxy groups -OCH3 is 4. The molecule has 0 N–H and O–H groups in total. The molecule has 0 fully saturated rings. The van der Waals surface area contributed by atoms with Crippen molar-refractivity contribution in [2.75, 3.05) is 28.4 Å². The first-order chi connectivity index (χ1) is 17.9. The number of aromatic nitrogens is 2. The van der Waals surface area contributed by atoms with Gasteiger partial charge in [-0.3, -0.25) is 4.79 Å². The molecular formula is C27H23N2NaO7S. The van der Waals surface area contributed by atoms with Crippen LogP contribution >= 0.6 is 11.7 Å². The molecule has 0 unspecified atom stereocenters. The number of carboxylic acids is 1. The number of rotatable bonds is 10. The summed E-state index contributed by atoms with van der Waals surface area (Å²) >= 11 is 1.01. The van der Waals surface area contributed by atoms with Gasteiger partial charge < -0.3 is 28.8 Å². The smallest absolute Gasteiger partial charge is 0.545 e. The van der Waals surface area contributed by atoms with E-state index >= 15 is 0 Å². The summed E-state index contributed by atoms with van der Waals surface area (Å²) in [7, 11) is 5.87. The van der Waals surface area contributed by atoms with Gasteiger partial charge >= 0.3 is 29.6 Å². The number of nitrogens with zero attached hydrogens (tertiary/aromatic N) is 2. The van der Waals surface area contributed by atoms with Gasteiger partial charge in [0, 0.05) is 23.1 Å². The van der Waals surface area contributed by atoms with Gasteiger partial charge in [0.05, 0.1) is 46.1 Å². The maximum atomic E-state index is 14.0. The molecule has 38 heavy (non-hydrogen) atoms. The van der Waals surface area contributed by atoms with Crippen LogP contribution in [-0.4, -0.2) is 48.9 Å². The second kappa shape index (κ2) is 12.9. The van der Waals surface area contributed by atoms with Gasteiger partial charge in [0.15, 0.2) is 17.3 Å². The Morgan fingerprint density at radius 3 is 1.97 bits per heavy atom. The number of fused-ring (bicyclic) bond motifs is 1. The number of carboxylic acid groups (broad SMARTS) is 1. The van der Waals surface area contributed by atoms with E-state index in [1.165, 1.54) is 33.5 Å². The molecule has 11 heteroatoms. The van der Waals surface area contributed by atoms with Gasteiger partial charge in [0.1, 0.15) is 16.8 Å². The van der Waals surface area contributed by atoms with Crippen molar-refractivity contribution in [2.45, 2.75) is 6.42 Å². The fourth-order valence-electron chi connectivity index (χ4n) is 3.97. The molecule has 0 spiro atoms. The summed E-state index contributed by atoms with van der Waals surface area (Å²) in [5, 5.41) is 12.5. The third kappa shape index (κ3) is 5.99. The number of benzene rings is 3. The van der Waals surface area contributed by atoms with Crippen LogP contribution in [0.5, 0.6) is 23.0 Å². The van der Waals surface area contributed by atoms with E-state index in [0.29, 0.717) is 28.1 Å². The average molecular weight is 543 g/mol. The number of ether oxygens (including phenoxy) is 4. The molecule has 190 valence electrons. The van der Waals surface area contributed by atoms with Gasteiger partial charge in [-0.2, -0.15) is 8.75 Å². The van der Waals surface area contributed by atoms with Gasteiger partial charge in [-0.05, 0) is 47.5 Å².